The normalized spacial score (nSPS) is 21.6. The summed E-state index contributed by atoms with van der Waals surface area (Å²) in [6, 6.07) is 30.5. The van der Waals surface area contributed by atoms with Gasteiger partial charge in [0.1, 0.15) is 23.7 Å². The Bertz CT molecular complexity index is 1460. The topological polar surface area (TPSA) is 90.1 Å². The van der Waals surface area contributed by atoms with Gasteiger partial charge in [-0.25, -0.2) is 4.79 Å². The lowest BCUT2D eigenvalue weighted by Crippen LogP contribution is -2.46. The molecule has 3 N–H and O–H groups in total. The lowest BCUT2D eigenvalue weighted by Gasteiger charge is -2.20. The highest BCUT2D eigenvalue weighted by molar-refractivity contribution is 7.80. The Morgan fingerprint density at radius 1 is 0.769 bits per heavy atom. The summed E-state index contributed by atoms with van der Waals surface area (Å²) in [5, 5.41) is 12.0. The van der Waals surface area contributed by atoms with Crippen molar-refractivity contribution in [2.24, 2.45) is 0 Å². The Hall–Kier alpha value is -4.18. The van der Waals surface area contributed by atoms with E-state index in [1.54, 1.807) is 24.3 Å². The number of nitrogens with one attached hydrogen (secondary N) is 3. The number of hydrogen-bond donors (Lipinski definition) is 3. The maximum atomic E-state index is 12.6. The number of hydrogen-bond acceptors (Lipinski definition) is 6. The van der Waals surface area contributed by atoms with Crippen LogP contribution in [0.2, 0.25) is 0 Å². The molecular weight excluding hydrogens is 514 g/mol. The zero-order chi connectivity index (χ0) is 26.6. The first-order chi connectivity index (χ1) is 19.1. The molecule has 0 aromatic heterocycles. The lowest BCUT2D eigenvalue weighted by atomic mass is 10.1. The Morgan fingerprint density at radius 2 is 1.49 bits per heavy atom. The summed E-state index contributed by atoms with van der Waals surface area (Å²) in [6.07, 6.45) is -1.77. The van der Waals surface area contributed by atoms with Crippen molar-refractivity contribution < 1.29 is 23.7 Å². The molecule has 1 amide bonds. The highest BCUT2D eigenvalue weighted by atomic mass is 32.1. The molecule has 2 aliphatic heterocycles. The van der Waals surface area contributed by atoms with Crippen LogP contribution in [0, 0.1) is 0 Å². The second-order valence-electron chi connectivity index (χ2n) is 9.34. The van der Waals surface area contributed by atoms with Gasteiger partial charge in [-0.15, -0.1) is 0 Å². The molecule has 8 nitrogen and oxygen atoms in total. The molecule has 0 radical (unpaired) electrons. The van der Waals surface area contributed by atoms with E-state index in [1.807, 2.05) is 54.6 Å². The summed E-state index contributed by atoms with van der Waals surface area (Å²) in [4.78, 5) is 12.6. The van der Waals surface area contributed by atoms with Crippen LogP contribution in [0.5, 0.6) is 11.5 Å². The molecule has 4 aromatic rings. The van der Waals surface area contributed by atoms with Crippen molar-refractivity contribution in [3.8, 4) is 11.5 Å². The largest absolute Gasteiger partial charge is 0.457 e. The van der Waals surface area contributed by atoms with Gasteiger partial charge in [-0.2, -0.15) is 0 Å². The molecule has 6 rings (SSSR count). The van der Waals surface area contributed by atoms with Crippen LogP contribution in [-0.4, -0.2) is 48.8 Å². The molecule has 39 heavy (non-hydrogen) atoms. The Morgan fingerprint density at radius 3 is 2.33 bits per heavy atom. The number of amides is 1. The smallest absolute Gasteiger partial charge is 0.412 e. The number of thiocarbonyl (C=S) groups is 1. The van der Waals surface area contributed by atoms with Gasteiger partial charge in [-0.3, -0.25) is 5.32 Å². The zero-order valence-electron chi connectivity index (χ0n) is 20.9. The predicted octanol–water partition coefficient (Wildman–Crippen LogP) is 5.70. The summed E-state index contributed by atoms with van der Waals surface area (Å²) in [7, 11) is 0. The molecule has 0 spiro atoms. The van der Waals surface area contributed by atoms with Crippen LogP contribution in [0.15, 0.2) is 97.1 Å². The van der Waals surface area contributed by atoms with Crippen molar-refractivity contribution in [1.82, 2.24) is 5.32 Å². The van der Waals surface area contributed by atoms with Crippen LogP contribution < -0.4 is 20.7 Å². The first-order valence-corrected chi connectivity index (χ1v) is 13.1. The van der Waals surface area contributed by atoms with Crippen LogP contribution in [0.1, 0.15) is 0 Å². The van der Waals surface area contributed by atoms with Gasteiger partial charge in [0, 0.05) is 16.8 Å². The van der Waals surface area contributed by atoms with Gasteiger partial charge < -0.3 is 29.6 Å². The van der Waals surface area contributed by atoms with Crippen molar-refractivity contribution >= 4 is 45.6 Å². The summed E-state index contributed by atoms with van der Waals surface area (Å²) < 4.78 is 23.3. The third-order valence-electron chi connectivity index (χ3n) is 6.70. The number of carbonyl (C=O) groups excluding carboxylic acids is 1. The minimum atomic E-state index is -0.575. The molecule has 0 aliphatic carbocycles. The highest BCUT2D eigenvalue weighted by Crippen LogP contribution is 2.30. The lowest BCUT2D eigenvalue weighted by molar-refractivity contribution is 0.00880. The first kappa shape index (κ1) is 25.1. The van der Waals surface area contributed by atoms with Crippen LogP contribution in [0.25, 0.3) is 10.8 Å². The van der Waals surface area contributed by atoms with Crippen LogP contribution in [0.4, 0.5) is 16.2 Å². The first-order valence-electron chi connectivity index (χ1n) is 12.7. The Kier molecular flexibility index (Phi) is 7.27. The van der Waals surface area contributed by atoms with Gasteiger partial charge in [0.25, 0.3) is 0 Å². The van der Waals surface area contributed by atoms with Crippen molar-refractivity contribution in [3.05, 3.63) is 97.1 Å². The van der Waals surface area contributed by atoms with Gasteiger partial charge in [0.15, 0.2) is 11.2 Å². The van der Waals surface area contributed by atoms with Crippen LogP contribution >= 0.6 is 12.2 Å². The van der Waals surface area contributed by atoms with Gasteiger partial charge in [0.05, 0.1) is 19.3 Å². The quantitative estimate of drug-likeness (QED) is 0.268. The van der Waals surface area contributed by atoms with Crippen molar-refractivity contribution in [3.63, 3.8) is 0 Å². The van der Waals surface area contributed by atoms with E-state index in [1.165, 1.54) is 0 Å². The summed E-state index contributed by atoms with van der Waals surface area (Å²) in [5.41, 5.74) is 1.51. The van der Waals surface area contributed by atoms with Crippen molar-refractivity contribution in [2.45, 2.75) is 24.4 Å². The summed E-state index contributed by atoms with van der Waals surface area (Å²) in [6.45, 7) is 0.630. The summed E-state index contributed by atoms with van der Waals surface area (Å²) in [5.74, 6) is 1.40. The summed E-state index contributed by atoms with van der Waals surface area (Å²) >= 11 is 5.58. The van der Waals surface area contributed by atoms with Gasteiger partial charge in [0.2, 0.25) is 0 Å². The third-order valence-corrected chi connectivity index (χ3v) is 6.92. The number of ether oxygens (including phenoxy) is 4. The molecule has 2 aliphatic rings. The number of carbonyl (C=O) groups is 1. The van der Waals surface area contributed by atoms with E-state index in [-0.39, 0.29) is 24.9 Å². The molecule has 4 unspecified atom stereocenters. The van der Waals surface area contributed by atoms with E-state index in [0.717, 1.165) is 22.2 Å². The number of benzene rings is 4. The van der Waals surface area contributed by atoms with E-state index < -0.39 is 12.2 Å². The van der Waals surface area contributed by atoms with Gasteiger partial charge in [-0.1, -0.05) is 54.6 Å². The maximum Gasteiger partial charge on any atom is 0.412 e. The molecule has 2 heterocycles. The average Bonchev–Trinajstić information content (AvgIpc) is 3.53. The highest BCUT2D eigenvalue weighted by Gasteiger charge is 2.49. The monoisotopic (exact) mass is 541 g/mol. The third kappa shape index (κ3) is 5.80. The number of fused-ring (bicyclic) bond motifs is 2. The predicted molar refractivity (Wildman–Crippen MR) is 153 cm³/mol. The number of rotatable bonds is 6. The fourth-order valence-electron chi connectivity index (χ4n) is 4.87. The molecule has 4 atom stereocenters. The number of anilines is 2. The Labute approximate surface area is 231 Å². The van der Waals surface area contributed by atoms with Crippen molar-refractivity contribution in [2.75, 3.05) is 23.8 Å². The maximum absolute atomic E-state index is 12.6. The van der Waals surface area contributed by atoms with E-state index in [0.29, 0.717) is 23.2 Å². The second-order valence-corrected chi connectivity index (χ2v) is 9.74. The van der Waals surface area contributed by atoms with Crippen LogP contribution in [-0.2, 0) is 14.2 Å². The van der Waals surface area contributed by atoms with Gasteiger partial charge in [-0.05, 0) is 60.1 Å². The molecule has 9 heteroatoms. The standard InChI is InChI=1S/C30H27N3O5S/c34-30(31-20-13-15-22(16-14-20)37-21-9-2-1-3-10-21)38-26-18-36-27-25(17-35-28(26)27)33-29(39)32-24-12-6-8-19-7-4-5-11-23(19)24/h1-16,25-28H,17-18H2,(H,31,34)(H2,32,33,39). The second kappa shape index (κ2) is 11.3. The van der Waals surface area contributed by atoms with Crippen LogP contribution in [0.3, 0.4) is 0 Å². The van der Waals surface area contributed by atoms with Gasteiger partial charge >= 0.3 is 6.09 Å². The van der Waals surface area contributed by atoms with E-state index in [4.69, 9.17) is 31.2 Å². The van der Waals surface area contributed by atoms with E-state index >= 15 is 0 Å². The Balaban J connectivity index is 0.997. The number of para-hydroxylation sites is 1. The fourth-order valence-corrected chi connectivity index (χ4v) is 5.13. The molecule has 2 fully saturated rings. The molecule has 0 saturated carbocycles. The molecule has 4 aromatic carbocycles. The average molecular weight is 542 g/mol. The van der Waals surface area contributed by atoms with Crippen molar-refractivity contribution in [1.29, 1.82) is 0 Å². The minimum absolute atomic E-state index is 0.168. The zero-order valence-corrected chi connectivity index (χ0v) is 21.7. The van der Waals surface area contributed by atoms with E-state index in [2.05, 4.69) is 34.1 Å². The molecule has 0 bridgehead atoms. The molecule has 198 valence electrons. The molecular formula is C30H27N3O5S. The minimum Gasteiger partial charge on any atom is -0.457 e. The van der Waals surface area contributed by atoms with E-state index in [9.17, 15) is 4.79 Å². The SMILES string of the molecule is O=C(Nc1ccc(Oc2ccccc2)cc1)OC1COC2C(NC(=S)Nc3cccc4ccccc34)COC12. The fraction of sp³-hybridized carbons (Fsp3) is 0.200. The molecule has 2 saturated heterocycles.